The van der Waals surface area contributed by atoms with Crippen LogP contribution in [-0.2, 0) is 16.1 Å². The Morgan fingerprint density at radius 3 is 2.26 bits per heavy atom. The summed E-state index contributed by atoms with van der Waals surface area (Å²) in [5.41, 5.74) is 0.152. The van der Waals surface area contributed by atoms with Crippen LogP contribution in [0.25, 0.3) is 0 Å². The lowest BCUT2D eigenvalue weighted by molar-refractivity contribution is -0.184. The standard InChI is InChI=1S/C20H18N2O5/c1-21(2)20(11-13-7-3-6-10-16(13)26-12-20)19(25)27-22-17(23)14-8-4-5-9-15(14)18(22)24/h3-10H,11-12H2,1-2H3. The second kappa shape index (κ2) is 6.21. The molecule has 4 rings (SSSR count). The average Bonchev–Trinajstić information content (AvgIpc) is 2.92. The van der Waals surface area contributed by atoms with Crippen molar-refractivity contribution in [2.75, 3.05) is 20.7 Å². The van der Waals surface area contributed by atoms with E-state index in [2.05, 4.69) is 0 Å². The van der Waals surface area contributed by atoms with Gasteiger partial charge >= 0.3 is 5.97 Å². The van der Waals surface area contributed by atoms with Crippen molar-refractivity contribution in [2.24, 2.45) is 0 Å². The monoisotopic (exact) mass is 366 g/mol. The van der Waals surface area contributed by atoms with Gasteiger partial charge in [-0.2, -0.15) is 0 Å². The van der Waals surface area contributed by atoms with E-state index in [-0.39, 0.29) is 17.7 Å². The molecule has 2 aromatic carbocycles. The molecule has 0 bridgehead atoms. The maximum Gasteiger partial charge on any atom is 0.357 e. The molecule has 7 heteroatoms. The number of benzene rings is 2. The Balaban J connectivity index is 1.62. The first kappa shape index (κ1) is 17.2. The molecule has 2 amide bonds. The van der Waals surface area contributed by atoms with Crippen LogP contribution in [0.2, 0.25) is 0 Å². The fraction of sp³-hybridized carbons (Fsp3) is 0.250. The van der Waals surface area contributed by atoms with E-state index in [1.807, 2.05) is 24.3 Å². The molecule has 7 nitrogen and oxygen atoms in total. The zero-order chi connectivity index (χ0) is 19.2. The zero-order valence-electron chi connectivity index (χ0n) is 15.0. The van der Waals surface area contributed by atoms with E-state index in [1.54, 1.807) is 31.1 Å². The highest BCUT2D eigenvalue weighted by Gasteiger charge is 2.50. The van der Waals surface area contributed by atoms with Gasteiger partial charge in [0.05, 0.1) is 11.1 Å². The summed E-state index contributed by atoms with van der Waals surface area (Å²) in [7, 11) is 3.47. The molecule has 1 unspecified atom stereocenters. The Morgan fingerprint density at radius 1 is 1.04 bits per heavy atom. The van der Waals surface area contributed by atoms with Crippen molar-refractivity contribution in [3.8, 4) is 5.75 Å². The second-order valence-corrected chi connectivity index (χ2v) is 6.83. The molecule has 0 radical (unpaired) electrons. The summed E-state index contributed by atoms with van der Waals surface area (Å²) >= 11 is 0. The van der Waals surface area contributed by atoms with Crippen LogP contribution in [-0.4, -0.2) is 54.0 Å². The quantitative estimate of drug-likeness (QED) is 0.770. The minimum Gasteiger partial charge on any atom is -0.491 e. The van der Waals surface area contributed by atoms with Gasteiger partial charge in [0.2, 0.25) is 0 Å². The normalized spacial score (nSPS) is 20.9. The third-order valence-electron chi connectivity index (χ3n) is 5.09. The highest BCUT2D eigenvalue weighted by molar-refractivity contribution is 6.21. The molecule has 2 aliphatic rings. The number of amides is 2. The largest absolute Gasteiger partial charge is 0.491 e. The second-order valence-electron chi connectivity index (χ2n) is 6.83. The van der Waals surface area contributed by atoms with E-state index >= 15 is 0 Å². The van der Waals surface area contributed by atoms with Gasteiger partial charge in [-0.15, -0.1) is 0 Å². The predicted octanol–water partition coefficient (Wildman–Crippen LogP) is 1.68. The smallest absolute Gasteiger partial charge is 0.357 e. The van der Waals surface area contributed by atoms with Crippen LogP contribution in [0.15, 0.2) is 48.5 Å². The summed E-state index contributed by atoms with van der Waals surface area (Å²) in [6, 6.07) is 13.8. The number of nitrogens with zero attached hydrogens (tertiary/aromatic N) is 2. The Labute approximate surface area is 156 Å². The topological polar surface area (TPSA) is 76.2 Å². The molecule has 1 atom stereocenters. The number of carbonyl (C=O) groups is 3. The summed E-state index contributed by atoms with van der Waals surface area (Å²) in [5, 5.41) is 0.540. The summed E-state index contributed by atoms with van der Waals surface area (Å²) < 4.78 is 5.77. The van der Waals surface area contributed by atoms with Crippen LogP contribution < -0.4 is 4.74 Å². The number of fused-ring (bicyclic) bond motifs is 2. The van der Waals surface area contributed by atoms with Crippen molar-refractivity contribution in [1.82, 2.24) is 9.96 Å². The van der Waals surface area contributed by atoms with Crippen LogP contribution >= 0.6 is 0 Å². The Kier molecular flexibility index (Phi) is 3.96. The van der Waals surface area contributed by atoms with Gasteiger partial charge in [0.25, 0.3) is 11.8 Å². The number of rotatable bonds is 3. The van der Waals surface area contributed by atoms with Gasteiger partial charge < -0.3 is 9.57 Å². The highest BCUT2D eigenvalue weighted by Crippen LogP contribution is 2.33. The molecule has 0 saturated carbocycles. The van der Waals surface area contributed by atoms with Crippen LogP contribution in [0.3, 0.4) is 0 Å². The van der Waals surface area contributed by atoms with Crippen LogP contribution in [0, 0.1) is 0 Å². The first-order valence-corrected chi connectivity index (χ1v) is 8.52. The first-order valence-electron chi connectivity index (χ1n) is 8.52. The predicted molar refractivity (Wildman–Crippen MR) is 95.1 cm³/mol. The Morgan fingerprint density at radius 2 is 1.63 bits per heavy atom. The van der Waals surface area contributed by atoms with Gasteiger partial charge in [-0.3, -0.25) is 14.5 Å². The van der Waals surface area contributed by atoms with Crippen molar-refractivity contribution in [2.45, 2.75) is 12.0 Å². The number of hydroxylamine groups is 2. The number of hydrogen-bond acceptors (Lipinski definition) is 6. The molecular formula is C20H18N2O5. The fourth-order valence-electron chi connectivity index (χ4n) is 3.37. The molecule has 0 fully saturated rings. The molecule has 0 saturated heterocycles. The van der Waals surface area contributed by atoms with Gasteiger partial charge in [0, 0.05) is 6.42 Å². The summed E-state index contributed by atoms with van der Waals surface area (Å²) in [5.74, 6) is -1.29. The molecule has 27 heavy (non-hydrogen) atoms. The molecular weight excluding hydrogens is 348 g/mol. The third kappa shape index (κ3) is 2.59. The summed E-state index contributed by atoms with van der Waals surface area (Å²) in [4.78, 5) is 45.1. The molecule has 2 aromatic rings. The van der Waals surface area contributed by atoms with E-state index in [9.17, 15) is 14.4 Å². The van der Waals surface area contributed by atoms with Gasteiger partial charge in [-0.1, -0.05) is 35.4 Å². The molecule has 138 valence electrons. The van der Waals surface area contributed by atoms with Gasteiger partial charge in [0.1, 0.15) is 12.4 Å². The van der Waals surface area contributed by atoms with Crippen molar-refractivity contribution in [3.63, 3.8) is 0 Å². The number of likely N-dealkylation sites (N-methyl/N-ethyl adjacent to an activating group) is 1. The van der Waals surface area contributed by atoms with E-state index in [0.717, 1.165) is 5.56 Å². The number of hydrogen-bond donors (Lipinski definition) is 0. The lowest BCUT2D eigenvalue weighted by atomic mass is 9.88. The van der Waals surface area contributed by atoms with E-state index in [1.165, 1.54) is 12.1 Å². The molecule has 0 N–H and O–H groups in total. The molecule has 0 aromatic heterocycles. The minimum absolute atomic E-state index is 0.0546. The zero-order valence-corrected chi connectivity index (χ0v) is 15.0. The summed E-state index contributed by atoms with van der Waals surface area (Å²) in [6.45, 7) is 0.0546. The maximum absolute atomic E-state index is 13.1. The average molecular weight is 366 g/mol. The number of imide groups is 1. The number of ether oxygens (including phenoxy) is 1. The van der Waals surface area contributed by atoms with Crippen LogP contribution in [0.5, 0.6) is 5.75 Å². The molecule has 0 spiro atoms. The van der Waals surface area contributed by atoms with Gasteiger partial charge in [0.15, 0.2) is 5.54 Å². The van der Waals surface area contributed by atoms with E-state index in [0.29, 0.717) is 17.2 Å². The minimum atomic E-state index is -1.15. The van der Waals surface area contributed by atoms with Gasteiger partial charge in [-0.25, -0.2) is 4.79 Å². The first-order chi connectivity index (χ1) is 12.9. The number of carbonyl (C=O) groups excluding carboxylic acids is 3. The van der Waals surface area contributed by atoms with E-state index < -0.39 is 23.3 Å². The fourth-order valence-corrected chi connectivity index (χ4v) is 3.37. The maximum atomic E-state index is 13.1. The number of para-hydroxylation sites is 1. The van der Waals surface area contributed by atoms with Crippen molar-refractivity contribution < 1.29 is 24.0 Å². The molecule has 0 aliphatic carbocycles. The van der Waals surface area contributed by atoms with Crippen molar-refractivity contribution >= 4 is 17.8 Å². The van der Waals surface area contributed by atoms with E-state index in [4.69, 9.17) is 9.57 Å². The Hall–Kier alpha value is -3.19. The van der Waals surface area contributed by atoms with Gasteiger partial charge in [-0.05, 0) is 37.9 Å². The van der Waals surface area contributed by atoms with Crippen LogP contribution in [0.1, 0.15) is 26.3 Å². The highest BCUT2D eigenvalue weighted by atomic mass is 16.7. The molecule has 2 aliphatic heterocycles. The van der Waals surface area contributed by atoms with Crippen LogP contribution in [0.4, 0.5) is 0 Å². The van der Waals surface area contributed by atoms with Crippen molar-refractivity contribution in [1.29, 1.82) is 0 Å². The Bertz CT molecular complexity index is 920. The SMILES string of the molecule is CN(C)C1(C(=O)ON2C(=O)c3ccccc3C2=O)COc2ccccc2C1. The lowest BCUT2D eigenvalue weighted by Crippen LogP contribution is -2.60. The third-order valence-corrected chi connectivity index (χ3v) is 5.09. The summed E-state index contributed by atoms with van der Waals surface area (Å²) in [6.07, 6.45) is 0.345. The molecule has 2 heterocycles. The lowest BCUT2D eigenvalue weighted by Gasteiger charge is -2.40. The van der Waals surface area contributed by atoms with Crippen molar-refractivity contribution in [3.05, 3.63) is 65.2 Å².